The van der Waals surface area contributed by atoms with Gasteiger partial charge in [0.2, 0.25) is 0 Å². The number of hydrogen-bond acceptors (Lipinski definition) is 30. The van der Waals surface area contributed by atoms with Crippen molar-refractivity contribution in [2.75, 3.05) is 84.6 Å². The molecule has 5 aromatic carbocycles. The van der Waals surface area contributed by atoms with Crippen LogP contribution in [0.25, 0.3) is 21.8 Å². The molecule has 0 fully saturated rings. The third-order valence-corrected chi connectivity index (χ3v) is 23.6. The van der Waals surface area contributed by atoms with Gasteiger partial charge in [-0.3, -0.25) is 44.3 Å². The predicted molar refractivity (Wildman–Crippen MR) is 502 cm³/mol. The number of ether oxygens (including phenoxy) is 6. The fourth-order valence-electron chi connectivity index (χ4n) is 12.6. The van der Waals surface area contributed by atoms with Gasteiger partial charge in [0.25, 0.3) is 17.7 Å². The smallest absolute Gasteiger partial charge is 0.275 e. The molecule has 0 saturated heterocycles. The van der Waals surface area contributed by atoms with E-state index in [1.165, 1.54) is 46.5 Å². The van der Waals surface area contributed by atoms with Crippen LogP contribution in [0.4, 0.5) is 69.3 Å². The van der Waals surface area contributed by atoms with E-state index in [1.807, 2.05) is 82.7 Å². The van der Waals surface area contributed by atoms with Crippen molar-refractivity contribution in [2.24, 2.45) is 15.0 Å². The number of amides is 3. The number of anilines is 12. The van der Waals surface area contributed by atoms with Gasteiger partial charge in [-0.1, -0.05) is 79.5 Å². The standard InChI is InChI=1S/C24H29N7O3Si.2C19H16N6O2.C18H26N6O2Si.C9H8BrN/c1-33-21-12-20-17(14-28-31(20)16-34-9-10-35(2,3)4)11-19(21)29-22-13-23(27-15-26-22)30-24(32)18-7-5-6-8-25-18;2*1-27-16-7-13-10-20-9-12(13)6-15(16)24-17-8-18(23-11-22-17)25-19(26)14-4-2-3-5-21-14;1-25-16-8-15-13(7-14(16)23-18-9-17(19)20-11-21-18)10-22-24(15)12-26-5-6-27(2,3)4;1-6-2-7-4-11-5-8(7)3-9(6)10/h5-8,11-15H,9-10,16H2,1-4H3,(H2,26,27,29,30,32);2*2-9,11H,10H2,1H3,(H2,22,23,24,25,26);7-11H,5-6,12H2,1-4H3,(H3,19,20,21,23);2-3,5H,4H2,1H3. The molecule has 0 bridgehead atoms. The lowest BCUT2D eigenvalue weighted by atomic mass is 10.1. The molecule has 14 aromatic rings. The molecule has 0 atom stereocenters. The van der Waals surface area contributed by atoms with Gasteiger partial charge in [0, 0.05) is 118 Å². The summed E-state index contributed by atoms with van der Waals surface area (Å²) in [5.41, 5.74) is 19.7. The minimum absolute atomic E-state index is 0.300. The lowest BCUT2D eigenvalue weighted by Crippen LogP contribution is -2.22. The molecule has 17 rings (SSSR count). The second kappa shape index (κ2) is 42.6. The number of aliphatic imine (C=N–C) groups is 3. The Bertz CT molecular complexity index is 6130. The van der Waals surface area contributed by atoms with Gasteiger partial charge in [-0.15, -0.1) is 0 Å². The number of fused-ring (bicyclic) bond motifs is 5. The van der Waals surface area contributed by atoms with Gasteiger partial charge in [-0.2, -0.15) is 10.2 Å². The molecule has 0 saturated carbocycles. The fraction of sp³-hybridized carbons (Fsp3) is 0.225. The molecule has 38 heteroatoms. The molecule has 9 N–H and O–H groups in total. The molecule has 3 aliphatic rings. The lowest BCUT2D eigenvalue weighted by molar-refractivity contribution is 0.0816. The number of aromatic nitrogens is 15. The number of pyridine rings is 3. The summed E-state index contributed by atoms with van der Waals surface area (Å²) in [6.07, 6.45) is 19.4. The number of nitrogen functional groups attached to an aromatic ring is 1. The maximum Gasteiger partial charge on any atom is 0.275 e. The molecular weight excluding hydrogens is 1710 g/mol. The number of rotatable bonds is 28. The zero-order valence-electron chi connectivity index (χ0n) is 71.8. The van der Waals surface area contributed by atoms with Crippen LogP contribution >= 0.6 is 15.9 Å². The number of halogens is 1. The number of nitrogens with zero attached hydrogens (tertiary/aromatic N) is 18. The summed E-state index contributed by atoms with van der Waals surface area (Å²) in [5, 5.41) is 31.8. The van der Waals surface area contributed by atoms with Gasteiger partial charge < -0.3 is 71.4 Å². The second-order valence-corrected chi connectivity index (χ2v) is 43.2. The van der Waals surface area contributed by atoms with Gasteiger partial charge in [0.1, 0.15) is 125 Å². The molecule has 127 heavy (non-hydrogen) atoms. The van der Waals surface area contributed by atoms with Crippen molar-refractivity contribution in [3.63, 3.8) is 0 Å². The van der Waals surface area contributed by atoms with Crippen LogP contribution in [-0.2, 0) is 42.6 Å². The number of methoxy groups -OCH3 is 4. The van der Waals surface area contributed by atoms with Crippen molar-refractivity contribution in [2.45, 2.75) is 91.4 Å². The summed E-state index contributed by atoms with van der Waals surface area (Å²) in [5.74, 6) is 5.28. The van der Waals surface area contributed by atoms with Gasteiger partial charge in [0.05, 0.1) is 94.3 Å². The second-order valence-electron chi connectivity index (χ2n) is 31.1. The Hall–Kier alpha value is -14.7. The van der Waals surface area contributed by atoms with E-state index in [0.717, 1.165) is 93.0 Å². The molecule has 0 aliphatic carbocycles. The highest BCUT2D eigenvalue weighted by atomic mass is 79.9. The summed E-state index contributed by atoms with van der Waals surface area (Å²) in [7, 11) is 4.22. The van der Waals surface area contributed by atoms with E-state index in [4.69, 9.17) is 34.2 Å². The van der Waals surface area contributed by atoms with E-state index in [9.17, 15) is 14.4 Å². The Balaban J connectivity index is 0.000000140. The Morgan fingerprint density at radius 3 is 1.10 bits per heavy atom. The Kier molecular flexibility index (Phi) is 30.2. The maximum absolute atomic E-state index is 12.4. The van der Waals surface area contributed by atoms with E-state index in [1.54, 1.807) is 132 Å². The van der Waals surface area contributed by atoms with Crippen molar-refractivity contribution in [1.29, 1.82) is 0 Å². The Labute approximate surface area is 742 Å². The number of nitrogens with two attached hydrogens (primary N) is 1. The topological polar surface area (TPSA) is 431 Å². The minimum atomic E-state index is -1.14. The van der Waals surface area contributed by atoms with Gasteiger partial charge in [-0.25, -0.2) is 49.2 Å². The van der Waals surface area contributed by atoms with Crippen LogP contribution in [0.5, 0.6) is 23.0 Å². The molecule has 9 aromatic heterocycles. The van der Waals surface area contributed by atoms with Crippen LogP contribution in [0.1, 0.15) is 70.4 Å². The predicted octanol–water partition coefficient (Wildman–Crippen LogP) is 16.3. The van der Waals surface area contributed by atoms with Crippen LogP contribution in [0.2, 0.25) is 51.4 Å². The summed E-state index contributed by atoms with van der Waals surface area (Å²) >= 11 is 3.49. The molecular formula is C89H95BrN26O9Si2. The van der Waals surface area contributed by atoms with Crippen molar-refractivity contribution in [3.8, 4) is 23.0 Å². The normalized spacial score (nSPS) is 11.8. The molecule has 0 radical (unpaired) electrons. The summed E-state index contributed by atoms with van der Waals surface area (Å²) in [6, 6.07) is 44.1. The van der Waals surface area contributed by atoms with E-state index in [0.29, 0.717) is 119 Å². The molecule has 35 nitrogen and oxygen atoms in total. The third-order valence-electron chi connectivity index (χ3n) is 19.3. The first kappa shape index (κ1) is 90.0. The Morgan fingerprint density at radius 1 is 0.409 bits per heavy atom. The van der Waals surface area contributed by atoms with Crippen molar-refractivity contribution < 1.29 is 42.8 Å². The van der Waals surface area contributed by atoms with E-state index >= 15 is 0 Å². The van der Waals surface area contributed by atoms with Gasteiger partial charge in [-0.05, 0) is 137 Å². The largest absolute Gasteiger partial charge is 0.495 e. The molecule has 3 aliphatic heterocycles. The number of carbonyl (C=O) groups excluding carboxylic acids is 3. The quantitative estimate of drug-likeness (QED) is 0.0167. The highest BCUT2D eigenvalue weighted by Crippen LogP contribution is 2.38. The number of nitrogens with one attached hydrogen (secondary N) is 7. The first-order valence-electron chi connectivity index (χ1n) is 40.1. The average molecular weight is 1810 g/mol. The summed E-state index contributed by atoms with van der Waals surface area (Å²) in [4.78, 5) is 94.7. The zero-order valence-corrected chi connectivity index (χ0v) is 75.3. The van der Waals surface area contributed by atoms with E-state index in [2.05, 4.69) is 191 Å². The SMILES string of the molecule is COc1cc2c(cc1Nc1cc(NC(=O)c3ccccn3)ncn1)C=NC2.COc1cc2c(cc1Nc1cc(NC(=O)c3ccccn3)ncn1)C=NC2.COc1cc2c(cnn2COCC[Si](C)(C)C)cc1Nc1cc(N)ncn1.COc1cc2c(cnn2COCC[Si](C)(C)C)cc1Nc1cc(NC(=O)c2ccccn2)ncn1.Cc1cc2c(cc1Br)C=NC2. The number of benzene rings is 5. The first-order valence-corrected chi connectivity index (χ1v) is 48.3. The van der Waals surface area contributed by atoms with Crippen LogP contribution in [0, 0.1) is 6.92 Å². The Morgan fingerprint density at radius 2 is 0.748 bits per heavy atom. The number of hydrogen-bond donors (Lipinski definition) is 8. The highest BCUT2D eigenvalue weighted by molar-refractivity contribution is 9.10. The van der Waals surface area contributed by atoms with Gasteiger partial charge >= 0.3 is 0 Å². The molecule has 12 heterocycles. The van der Waals surface area contributed by atoms with Crippen molar-refractivity contribution in [3.05, 3.63) is 256 Å². The minimum Gasteiger partial charge on any atom is -0.495 e. The lowest BCUT2D eigenvalue weighted by Gasteiger charge is -2.15. The monoisotopic (exact) mass is 1810 g/mol. The zero-order chi connectivity index (χ0) is 89.4. The van der Waals surface area contributed by atoms with E-state index in [-0.39, 0.29) is 17.7 Å². The average Bonchev–Trinajstić information content (AvgIpc) is 1.68. The maximum atomic E-state index is 12.4. The van der Waals surface area contributed by atoms with Crippen LogP contribution in [-0.4, -0.2) is 169 Å². The van der Waals surface area contributed by atoms with Gasteiger partial charge in [0.15, 0.2) is 0 Å². The van der Waals surface area contributed by atoms with Crippen molar-refractivity contribution in [1.82, 2.24) is 74.4 Å². The first-order chi connectivity index (χ1) is 61.4. The molecule has 0 spiro atoms. The highest BCUT2D eigenvalue weighted by Gasteiger charge is 2.22. The summed E-state index contributed by atoms with van der Waals surface area (Å²) < 4.78 is 38.6. The third kappa shape index (κ3) is 25.3. The van der Waals surface area contributed by atoms with Crippen LogP contribution in [0.3, 0.4) is 0 Å². The molecule has 0 unspecified atom stereocenters. The number of aryl methyl sites for hydroxylation is 1. The van der Waals surface area contributed by atoms with Crippen molar-refractivity contribution >= 4 is 160 Å². The van der Waals surface area contributed by atoms with Crippen LogP contribution in [0.15, 0.2) is 215 Å². The molecule has 3 amide bonds. The number of carbonyl (C=O) groups is 3. The van der Waals surface area contributed by atoms with E-state index < -0.39 is 16.1 Å². The fourth-order valence-corrected chi connectivity index (χ4v) is 14.5. The summed E-state index contributed by atoms with van der Waals surface area (Å²) in [6.45, 7) is 20.5. The molecule has 650 valence electrons. The van der Waals surface area contributed by atoms with Crippen LogP contribution < -0.4 is 61.9 Å².